The fourth-order valence-corrected chi connectivity index (χ4v) is 3.46. The van der Waals surface area contributed by atoms with Crippen LogP contribution in [0.5, 0.6) is 0 Å². The highest BCUT2D eigenvalue weighted by atomic mass is 16.5. The number of aromatic nitrogens is 1. The molecule has 0 aliphatic carbocycles. The van der Waals surface area contributed by atoms with Crippen molar-refractivity contribution in [1.82, 2.24) is 9.88 Å². The van der Waals surface area contributed by atoms with Crippen LogP contribution in [0.4, 0.5) is 0 Å². The maximum Gasteiger partial charge on any atom is 0.0900 e. The minimum absolute atomic E-state index is 0.163. The molecule has 1 aliphatic rings. The zero-order valence-electron chi connectivity index (χ0n) is 14.2. The predicted molar refractivity (Wildman–Crippen MR) is 93.6 cm³/mol. The molecule has 1 aromatic carbocycles. The molecule has 2 heterocycles. The summed E-state index contributed by atoms with van der Waals surface area (Å²) in [5, 5.41) is 11.5. The molecule has 1 aromatic heterocycles. The van der Waals surface area contributed by atoms with E-state index in [0.717, 1.165) is 13.0 Å². The van der Waals surface area contributed by atoms with Crippen molar-refractivity contribution in [2.45, 2.75) is 51.4 Å². The van der Waals surface area contributed by atoms with Crippen LogP contribution in [0, 0.1) is 0 Å². The summed E-state index contributed by atoms with van der Waals surface area (Å²) in [7, 11) is 0. The molecule has 0 spiro atoms. The van der Waals surface area contributed by atoms with Crippen LogP contribution < -0.4 is 0 Å². The number of likely N-dealkylation sites (tertiary alicyclic amines) is 1. The molecule has 2 atom stereocenters. The third-order valence-corrected chi connectivity index (χ3v) is 4.59. The van der Waals surface area contributed by atoms with Gasteiger partial charge in [0.25, 0.3) is 0 Å². The Bertz CT molecular complexity index is 590. The van der Waals surface area contributed by atoms with Gasteiger partial charge in [0.05, 0.1) is 18.8 Å². The van der Waals surface area contributed by atoms with E-state index in [1.807, 2.05) is 13.8 Å². The Hall–Kier alpha value is -1.36. The van der Waals surface area contributed by atoms with Crippen LogP contribution >= 0.6 is 0 Å². The highest BCUT2D eigenvalue weighted by Crippen LogP contribution is 2.32. The first kappa shape index (κ1) is 16.5. The van der Waals surface area contributed by atoms with E-state index in [2.05, 4.69) is 40.2 Å². The van der Waals surface area contributed by atoms with Crippen molar-refractivity contribution < 1.29 is 9.84 Å². The Morgan fingerprint density at radius 1 is 1.30 bits per heavy atom. The minimum atomic E-state index is -0.428. The number of para-hydroxylation sites is 1. The Morgan fingerprint density at radius 2 is 2.13 bits per heavy atom. The first-order valence-corrected chi connectivity index (χ1v) is 8.75. The second-order valence-corrected chi connectivity index (χ2v) is 6.85. The topological polar surface area (TPSA) is 48.5 Å². The third kappa shape index (κ3) is 4.14. The lowest BCUT2D eigenvalue weighted by Crippen LogP contribution is -2.40. The summed E-state index contributed by atoms with van der Waals surface area (Å²) in [6.07, 6.45) is 3.33. The van der Waals surface area contributed by atoms with Gasteiger partial charge in [0, 0.05) is 23.8 Å². The third-order valence-electron chi connectivity index (χ3n) is 4.59. The van der Waals surface area contributed by atoms with E-state index >= 15 is 0 Å². The summed E-state index contributed by atoms with van der Waals surface area (Å²) in [4.78, 5) is 5.97. The number of H-pyrrole nitrogens is 1. The Labute approximate surface area is 138 Å². The summed E-state index contributed by atoms with van der Waals surface area (Å²) < 4.78 is 5.55. The number of hydrogen-bond acceptors (Lipinski definition) is 3. The molecule has 0 bridgehead atoms. The van der Waals surface area contributed by atoms with Gasteiger partial charge < -0.3 is 14.8 Å². The van der Waals surface area contributed by atoms with Gasteiger partial charge in [-0.2, -0.15) is 0 Å². The molecule has 1 fully saturated rings. The van der Waals surface area contributed by atoms with Gasteiger partial charge in [-0.05, 0) is 50.8 Å². The molecule has 2 N–H and O–H groups in total. The average Bonchev–Trinajstić information content (AvgIpc) is 2.97. The Kier molecular flexibility index (Phi) is 5.36. The van der Waals surface area contributed by atoms with Crippen LogP contribution in [0.15, 0.2) is 30.3 Å². The largest absolute Gasteiger partial charge is 0.389 e. The first-order valence-electron chi connectivity index (χ1n) is 8.75. The summed E-state index contributed by atoms with van der Waals surface area (Å²) in [6.45, 7) is 6.13. The maximum absolute atomic E-state index is 10.3. The number of hydrogen-bond donors (Lipinski definition) is 2. The molecule has 0 amide bonds. The lowest BCUT2D eigenvalue weighted by Gasteiger charge is -2.36. The second kappa shape index (κ2) is 7.47. The van der Waals surface area contributed by atoms with Gasteiger partial charge in [-0.25, -0.2) is 0 Å². The number of aliphatic hydroxyl groups excluding tert-OH is 1. The SMILES string of the molecule is CC(C)OCC(O)CN1CCCCC1c1cc2ccccc2[nH]1. The van der Waals surface area contributed by atoms with E-state index in [1.54, 1.807) is 0 Å². The molecule has 4 nitrogen and oxygen atoms in total. The van der Waals surface area contributed by atoms with Crippen molar-refractivity contribution >= 4 is 10.9 Å². The van der Waals surface area contributed by atoms with E-state index in [9.17, 15) is 5.11 Å². The van der Waals surface area contributed by atoms with E-state index in [0.29, 0.717) is 19.2 Å². The second-order valence-electron chi connectivity index (χ2n) is 6.85. The molecule has 2 unspecified atom stereocenters. The van der Waals surface area contributed by atoms with Crippen molar-refractivity contribution in [2.75, 3.05) is 19.7 Å². The fourth-order valence-electron chi connectivity index (χ4n) is 3.46. The molecular weight excluding hydrogens is 288 g/mol. The van der Waals surface area contributed by atoms with E-state index in [4.69, 9.17) is 4.74 Å². The molecule has 4 heteroatoms. The highest BCUT2D eigenvalue weighted by molar-refractivity contribution is 5.80. The molecule has 3 rings (SSSR count). The smallest absolute Gasteiger partial charge is 0.0900 e. The van der Waals surface area contributed by atoms with Crippen molar-refractivity contribution in [2.24, 2.45) is 0 Å². The number of benzene rings is 1. The monoisotopic (exact) mass is 316 g/mol. The Morgan fingerprint density at radius 3 is 2.91 bits per heavy atom. The Balaban J connectivity index is 1.70. The summed E-state index contributed by atoms with van der Waals surface area (Å²) in [6, 6.07) is 11.0. The molecule has 1 aliphatic heterocycles. The van der Waals surface area contributed by atoms with Crippen LogP contribution in [-0.2, 0) is 4.74 Å². The molecule has 2 aromatic rings. The van der Waals surface area contributed by atoms with Crippen LogP contribution in [0.1, 0.15) is 44.8 Å². The van der Waals surface area contributed by atoms with Gasteiger partial charge in [-0.15, -0.1) is 0 Å². The van der Waals surface area contributed by atoms with Crippen molar-refractivity contribution in [1.29, 1.82) is 0 Å². The quantitative estimate of drug-likeness (QED) is 0.858. The molecular formula is C19H28N2O2. The number of aliphatic hydroxyl groups is 1. The van der Waals surface area contributed by atoms with Gasteiger partial charge in [0.15, 0.2) is 0 Å². The van der Waals surface area contributed by atoms with Gasteiger partial charge in [0.2, 0.25) is 0 Å². The molecule has 126 valence electrons. The van der Waals surface area contributed by atoms with Crippen molar-refractivity contribution in [3.8, 4) is 0 Å². The van der Waals surface area contributed by atoms with Gasteiger partial charge in [-0.1, -0.05) is 24.6 Å². The highest BCUT2D eigenvalue weighted by Gasteiger charge is 2.27. The lowest BCUT2D eigenvalue weighted by atomic mass is 9.99. The van der Waals surface area contributed by atoms with Gasteiger partial charge in [-0.3, -0.25) is 4.90 Å². The maximum atomic E-state index is 10.3. The van der Waals surface area contributed by atoms with E-state index in [1.165, 1.54) is 29.4 Å². The predicted octanol–water partition coefficient (Wildman–Crippen LogP) is 3.48. The standard InChI is InChI=1S/C19H28N2O2/c1-14(2)23-13-16(22)12-21-10-6-5-9-19(21)18-11-15-7-3-4-8-17(15)20-18/h3-4,7-8,11,14,16,19-20,22H,5-6,9-10,12-13H2,1-2H3. The van der Waals surface area contributed by atoms with Crippen LogP contribution in [0.2, 0.25) is 0 Å². The van der Waals surface area contributed by atoms with E-state index < -0.39 is 6.10 Å². The average molecular weight is 316 g/mol. The number of fused-ring (bicyclic) bond motifs is 1. The number of nitrogens with one attached hydrogen (secondary N) is 1. The number of piperidine rings is 1. The lowest BCUT2D eigenvalue weighted by molar-refractivity contribution is -0.0190. The van der Waals surface area contributed by atoms with Gasteiger partial charge >= 0.3 is 0 Å². The summed E-state index contributed by atoms with van der Waals surface area (Å²) in [5.74, 6) is 0. The molecule has 1 saturated heterocycles. The fraction of sp³-hybridized carbons (Fsp3) is 0.579. The molecule has 0 saturated carbocycles. The van der Waals surface area contributed by atoms with E-state index in [-0.39, 0.29) is 6.10 Å². The first-order chi connectivity index (χ1) is 11.1. The number of β-amino-alcohol motifs (C(OH)–C–C–N with tert-alkyl or cyclic N) is 1. The minimum Gasteiger partial charge on any atom is -0.389 e. The molecule has 0 radical (unpaired) electrons. The van der Waals surface area contributed by atoms with Crippen molar-refractivity contribution in [3.05, 3.63) is 36.0 Å². The number of rotatable bonds is 6. The zero-order valence-corrected chi connectivity index (χ0v) is 14.2. The van der Waals surface area contributed by atoms with Crippen LogP contribution in [0.3, 0.4) is 0 Å². The summed E-state index contributed by atoms with van der Waals surface area (Å²) in [5.41, 5.74) is 2.46. The molecule has 23 heavy (non-hydrogen) atoms. The zero-order chi connectivity index (χ0) is 16.2. The van der Waals surface area contributed by atoms with Gasteiger partial charge in [0.1, 0.15) is 0 Å². The van der Waals surface area contributed by atoms with Crippen molar-refractivity contribution in [3.63, 3.8) is 0 Å². The normalized spacial score (nSPS) is 21.1. The summed E-state index contributed by atoms with van der Waals surface area (Å²) >= 11 is 0. The van der Waals surface area contributed by atoms with Crippen LogP contribution in [0.25, 0.3) is 10.9 Å². The number of aromatic amines is 1. The van der Waals surface area contributed by atoms with Crippen LogP contribution in [-0.4, -0.2) is 46.9 Å². The number of ether oxygens (including phenoxy) is 1. The number of nitrogens with zero attached hydrogens (tertiary/aromatic N) is 1.